The van der Waals surface area contributed by atoms with E-state index in [4.69, 9.17) is 0 Å². The van der Waals surface area contributed by atoms with Crippen LogP contribution in [0.3, 0.4) is 0 Å². The standard InChI is InChI=1S/C13H16O2/c14-12-3-1-2-10(13(12)15)11-7-8-4-5-9(11)6-8/h1-3,8-9,11,14-15H,4-7H2/t8-,9+,11-/m0/s1. The number of hydrogen-bond donors (Lipinski definition) is 2. The average Bonchev–Trinajstić information content (AvgIpc) is 2.83. The molecule has 2 saturated carbocycles. The summed E-state index contributed by atoms with van der Waals surface area (Å²) in [5.74, 6) is 2.21. The number of rotatable bonds is 1. The predicted octanol–water partition coefficient (Wildman–Crippen LogP) is 3.00. The van der Waals surface area contributed by atoms with Gasteiger partial charge >= 0.3 is 0 Å². The molecule has 0 aromatic heterocycles. The van der Waals surface area contributed by atoms with Crippen molar-refractivity contribution >= 4 is 0 Å². The van der Waals surface area contributed by atoms with E-state index in [9.17, 15) is 10.2 Å². The van der Waals surface area contributed by atoms with Gasteiger partial charge in [-0.2, -0.15) is 0 Å². The van der Waals surface area contributed by atoms with Gasteiger partial charge in [-0.05, 0) is 43.1 Å². The average molecular weight is 204 g/mol. The molecule has 0 amide bonds. The molecule has 0 spiro atoms. The van der Waals surface area contributed by atoms with E-state index in [0.717, 1.165) is 17.4 Å². The zero-order valence-corrected chi connectivity index (χ0v) is 8.69. The Morgan fingerprint density at radius 3 is 2.60 bits per heavy atom. The van der Waals surface area contributed by atoms with Crippen molar-refractivity contribution in [2.75, 3.05) is 0 Å². The van der Waals surface area contributed by atoms with Crippen molar-refractivity contribution in [1.29, 1.82) is 0 Å². The fraction of sp³-hybridized carbons (Fsp3) is 0.538. The molecule has 2 aliphatic rings. The Hall–Kier alpha value is -1.18. The van der Waals surface area contributed by atoms with Crippen LogP contribution in [-0.4, -0.2) is 10.2 Å². The van der Waals surface area contributed by atoms with Gasteiger partial charge < -0.3 is 10.2 Å². The fourth-order valence-electron chi connectivity index (χ4n) is 3.47. The highest BCUT2D eigenvalue weighted by Crippen LogP contribution is 2.54. The Labute approximate surface area is 89.6 Å². The van der Waals surface area contributed by atoms with Gasteiger partial charge in [0.25, 0.3) is 0 Å². The van der Waals surface area contributed by atoms with Crippen molar-refractivity contribution in [3.8, 4) is 11.5 Å². The molecule has 15 heavy (non-hydrogen) atoms. The van der Waals surface area contributed by atoms with Crippen molar-refractivity contribution in [1.82, 2.24) is 0 Å². The minimum Gasteiger partial charge on any atom is -0.504 e. The van der Waals surface area contributed by atoms with Gasteiger partial charge in [0.05, 0.1) is 0 Å². The van der Waals surface area contributed by atoms with Crippen molar-refractivity contribution in [3.63, 3.8) is 0 Å². The summed E-state index contributed by atoms with van der Waals surface area (Å²) >= 11 is 0. The lowest BCUT2D eigenvalue weighted by Crippen LogP contribution is -2.08. The Bertz CT molecular complexity index is 386. The summed E-state index contributed by atoms with van der Waals surface area (Å²) in [5.41, 5.74) is 0.960. The molecule has 2 N–H and O–H groups in total. The van der Waals surface area contributed by atoms with Gasteiger partial charge in [0.1, 0.15) is 0 Å². The molecule has 2 bridgehead atoms. The molecule has 2 nitrogen and oxygen atoms in total. The third kappa shape index (κ3) is 1.31. The van der Waals surface area contributed by atoms with Gasteiger partial charge in [0.15, 0.2) is 11.5 Å². The normalized spacial score (nSPS) is 33.5. The minimum atomic E-state index is 0.0234. The smallest absolute Gasteiger partial charge is 0.160 e. The molecule has 0 radical (unpaired) electrons. The van der Waals surface area contributed by atoms with Crippen molar-refractivity contribution in [2.45, 2.75) is 31.6 Å². The number of hydrogen-bond acceptors (Lipinski definition) is 2. The Morgan fingerprint density at radius 2 is 1.93 bits per heavy atom. The van der Waals surface area contributed by atoms with Crippen molar-refractivity contribution in [2.24, 2.45) is 11.8 Å². The number of aromatic hydroxyl groups is 2. The maximum atomic E-state index is 9.84. The quantitative estimate of drug-likeness (QED) is 0.690. The SMILES string of the molecule is Oc1cccc([C@H]2C[C@H]3CC[C@@H]2C3)c1O. The topological polar surface area (TPSA) is 40.5 Å². The predicted molar refractivity (Wildman–Crippen MR) is 58.0 cm³/mol. The summed E-state index contributed by atoms with van der Waals surface area (Å²) in [6, 6.07) is 5.34. The van der Waals surface area contributed by atoms with E-state index < -0.39 is 0 Å². The maximum Gasteiger partial charge on any atom is 0.160 e. The largest absolute Gasteiger partial charge is 0.504 e. The lowest BCUT2D eigenvalue weighted by atomic mass is 9.83. The zero-order valence-electron chi connectivity index (χ0n) is 8.69. The van der Waals surface area contributed by atoms with E-state index >= 15 is 0 Å². The van der Waals surface area contributed by atoms with Crippen molar-refractivity contribution in [3.05, 3.63) is 23.8 Å². The Kier molecular flexibility index (Phi) is 1.91. The number of fused-ring (bicyclic) bond motifs is 2. The van der Waals surface area contributed by atoms with Gasteiger partial charge in [0.2, 0.25) is 0 Å². The molecule has 3 atom stereocenters. The van der Waals surface area contributed by atoms with Gasteiger partial charge in [0, 0.05) is 5.56 Å². The second kappa shape index (κ2) is 3.16. The van der Waals surface area contributed by atoms with E-state index in [1.54, 1.807) is 6.07 Å². The first-order chi connectivity index (χ1) is 7.25. The molecule has 1 aromatic carbocycles. The van der Waals surface area contributed by atoms with Gasteiger partial charge in [-0.3, -0.25) is 0 Å². The molecule has 0 heterocycles. The summed E-state index contributed by atoms with van der Waals surface area (Å²) in [4.78, 5) is 0. The molecule has 0 unspecified atom stereocenters. The third-order valence-electron chi connectivity index (χ3n) is 4.18. The molecule has 2 aliphatic carbocycles. The van der Waals surface area contributed by atoms with E-state index in [1.165, 1.54) is 25.7 Å². The highest BCUT2D eigenvalue weighted by molar-refractivity contribution is 5.46. The first kappa shape index (κ1) is 9.08. The van der Waals surface area contributed by atoms with E-state index in [0.29, 0.717) is 5.92 Å². The summed E-state index contributed by atoms with van der Waals surface area (Å²) in [6.45, 7) is 0. The second-order valence-corrected chi connectivity index (χ2v) is 5.00. The van der Waals surface area contributed by atoms with E-state index in [1.807, 2.05) is 12.1 Å². The molecule has 0 saturated heterocycles. The molecule has 3 rings (SSSR count). The first-order valence-electron chi connectivity index (χ1n) is 5.76. The Balaban J connectivity index is 1.96. The number of phenols is 2. The first-order valence-corrected chi connectivity index (χ1v) is 5.76. The van der Waals surface area contributed by atoms with E-state index in [-0.39, 0.29) is 11.5 Å². The lowest BCUT2D eigenvalue weighted by Gasteiger charge is -2.22. The highest BCUT2D eigenvalue weighted by atomic mass is 16.3. The molecular weight excluding hydrogens is 188 g/mol. The van der Waals surface area contributed by atoms with Crippen LogP contribution in [-0.2, 0) is 0 Å². The highest BCUT2D eigenvalue weighted by Gasteiger charge is 2.41. The van der Waals surface area contributed by atoms with Crippen LogP contribution < -0.4 is 0 Å². The molecule has 2 heteroatoms. The summed E-state index contributed by atoms with van der Waals surface area (Å²) in [6.07, 6.45) is 5.17. The summed E-state index contributed by atoms with van der Waals surface area (Å²) in [5, 5.41) is 19.3. The van der Waals surface area contributed by atoms with Gasteiger partial charge in [-0.1, -0.05) is 18.6 Å². The zero-order chi connectivity index (χ0) is 10.4. The summed E-state index contributed by atoms with van der Waals surface area (Å²) in [7, 11) is 0. The van der Waals surface area contributed by atoms with Gasteiger partial charge in [-0.25, -0.2) is 0 Å². The second-order valence-electron chi connectivity index (χ2n) is 5.00. The third-order valence-corrected chi connectivity index (χ3v) is 4.18. The van der Waals surface area contributed by atoms with Crippen LogP contribution in [0, 0.1) is 11.8 Å². The van der Waals surface area contributed by atoms with Crippen LogP contribution in [0.2, 0.25) is 0 Å². The van der Waals surface area contributed by atoms with Crippen molar-refractivity contribution < 1.29 is 10.2 Å². The van der Waals surface area contributed by atoms with Crippen LogP contribution in [0.5, 0.6) is 11.5 Å². The van der Waals surface area contributed by atoms with Crippen LogP contribution in [0.4, 0.5) is 0 Å². The van der Waals surface area contributed by atoms with Crippen LogP contribution in [0.25, 0.3) is 0 Å². The molecule has 2 fully saturated rings. The lowest BCUT2D eigenvalue weighted by molar-refractivity contribution is 0.373. The van der Waals surface area contributed by atoms with E-state index in [2.05, 4.69) is 0 Å². The number of benzene rings is 1. The minimum absolute atomic E-state index is 0.0234. The van der Waals surface area contributed by atoms with Crippen LogP contribution >= 0.6 is 0 Å². The molecule has 80 valence electrons. The summed E-state index contributed by atoms with van der Waals surface area (Å²) < 4.78 is 0. The molecular formula is C13H16O2. The number of phenolic OH excluding ortho intramolecular Hbond substituents is 2. The van der Waals surface area contributed by atoms with Gasteiger partial charge in [-0.15, -0.1) is 0 Å². The monoisotopic (exact) mass is 204 g/mol. The Morgan fingerprint density at radius 1 is 1.07 bits per heavy atom. The fourth-order valence-corrected chi connectivity index (χ4v) is 3.47. The molecule has 1 aromatic rings. The molecule has 0 aliphatic heterocycles. The maximum absolute atomic E-state index is 9.84. The number of para-hydroxylation sites is 1. The van der Waals surface area contributed by atoms with Crippen LogP contribution in [0.15, 0.2) is 18.2 Å². The van der Waals surface area contributed by atoms with Crippen LogP contribution in [0.1, 0.15) is 37.2 Å².